The summed E-state index contributed by atoms with van der Waals surface area (Å²) in [5, 5.41) is 8.69. The van der Waals surface area contributed by atoms with Crippen LogP contribution in [-0.2, 0) is 6.61 Å². The molecule has 0 atom stereocenters. The monoisotopic (exact) mass is 285 g/mol. The molecule has 5 heteroatoms. The first-order chi connectivity index (χ1) is 5.66. The van der Waals surface area contributed by atoms with Gasteiger partial charge in [-0.1, -0.05) is 0 Å². The van der Waals surface area contributed by atoms with E-state index in [2.05, 4.69) is 4.98 Å². The van der Waals surface area contributed by atoms with Gasteiger partial charge < -0.3 is 5.11 Å². The summed E-state index contributed by atoms with van der Waals surface area (Å²) in [6, 6.07) is 1.49. The van der Waals surface area contributed by atoms with Gasteiger partial charge in [-0.3, -0.25) is 4.98 Å². The molecule has 0 aliphatic heterocycles. The van der Waals surface area contributed by atoms with Crippen molar-refractivity contribution in [1.29, 1.82) is 0 Å². The second-order valence-electron chi connectivity index (χ2n) is 2.11. The van der Waals surface area contributed by atoms with Crippen LogP contribution in [0.15, 0.2) is 12.3 Å². The minimum atomic E-state index is -2.58. The molecule has 0 aromatic carbocycles. The molecule has 0 saturated carbocycles. The fourth-order valence-electron chi connectivity index (χ4n) is 0.846. The largest absolute Gasteiger partial charge is 0.390 e. The van der Waals surface area contributed by atoms with Gasteiger partial charge in [-0.2, -0.15) is 0 Å². The summed E-state index contributed by atoms with van der Waals surface area (Å²) < 4.78 is 25.1. The number of nitrogens with zero attached hydrogens (tertiary/aromatic N) is 1. The van der Waals surface area contributed by atoms with E-state index < -0.39 is 13.0 Å². The van der Waals surface area contributed by atoms with Gasteiger partial charge in [0, 0.05) is 9.77 Å². The highest BCUT2D eigenvalue weighted by atomic mass is 127. The van der Waals surface area contributed by atoms with Crippen LogP contribution in [0, 0.1) is 3.57 Å². The van der Waals surface area contributed by atoms with E-state index in [1.807, 2.05) is 0 Å². The molecule has 1 N–H and O–H groups in total. The normalized spacial score (nSPS) is 10.8. The summed E-state index contributed by atoms with van der Waals surface area (Å²) in [5.74, 6) is 0. The summed E-state index contributed by atoms with van der Waals surface area (Å²) in [7, 11) is 0. The van der Waals surface area contributed by atoms with Crippen LogP contribution in [0.1, 0.15) is 17.7 Å². The molecule has 0 spiro atoms. The second-order valence-corrected chi connectivity index (χ2v) is 3.27. The maximum absolute atomic E-state index is 12.3. The summed E-state index contributed by atoms with van der Waals surface area (Å²) >= 11 is 1.79. The van der Waals surface area contributed by atoms with Crippen molar-refractivity contribution in [2.24, 2.45) is 0 Å². The number of rotatable bonds is 2. The van der Waals surface area contributed by atoms with Gasteiger partial charge in [-0.25, -0.2) is 8.78 Å². The van der Waals surface area contributed by atoms with Crippen molar-refractivity contribution in [1.82, 2.24) is 4.98 Å². The van der Waals surface area contributed by atoms with E-state index in [1.54, 1.807) is 22.6 Å². The Hall–Kier alpha value is -0.300. The predicted octanol–water partition coefficient (Wildman–Crippen LogP) is 2.12. The third-order valence-corrected chi connectivity index (χ3v) is 2.33. The van der Waals surface area contributed by atoms with Crippen LogP contribution in [0.4, 0.5) is 8.78 Å². The molecule has 0 unspecified atom stereocenters. The maximum Gasteiger partial charge on any atom is 0.266 e. The first-order valence-corrected chi connectivity index (χ1v) is 4.27. The lowest BCUT2D eigenvalue weighted by molar-refractivity contribution is 0.145. The van der Waals surface area contributed by atoms with Crippen LogP contribution in [0.25, 0.3) is 0 Å². The van der Waals surface area contributed by atoms with E-state index in [4.69, 9.17) is 5.11 Å². The zero-order valence-electron chi connectivity index (χ0n) is 5.97. The van der Waals surface area contributed by atoms with E-state index in [9.17, 15) is 8.78 Å². The first kappa shape index (κ1) is 9.79. The first-order valence-electron chi connectivity index (χ1n) is 3.19. The number of aliphatic hydroxyl groups excluding tert-OH is 1. The number of hydrogen-bond acceptors (Lipinski definition) is 2. The van der Waals surface area contributed by atoms with Gasteiger partial charge in [0.15, 0.2) is 0 Å². The van der Waals surface area contributed by atoms with Crippen molar-refractivity contribution in [2.45, 2.75) is 13.0 Å². The molecule has 0 fully saturated rings. The average molecular weight is 285 g/mol. The molecule has 2 nitrogen and oxygen atoms in total. The fourth-order valence-corrected chi connectivity index (χ4v) is 1.55. The number of hydrogen-bond donors (Lipinski definition) is 1. The van der Waals surface area contributed by atoms with Crippen molar-refractivity contribution >= 4 is 22.6 Å². The van der Waals surface area contributed by atoms with Crippen LogP contribution in [0.5, 0.6) is 0 Å². The van der Waals surface area contributed by atoms with Gasteiger partial charge in [-0.05, 0) is 28.7 Å². The van der Waals surface area contributed by atoms with Gasteiger partial charge in [0.1, 0.15) is 0 Å². The second kappa shape index (κ2) is 4.08. The molecule has 66 valence electrons. The molecule has 0 saturated heterocycles. The lowest BCUT2D eigenvalue weighted by Gasteiger charge is -2.06. The highest BCUT2D eigenvalue weighted by Gasteiger charge is 2.16. The third-order valence-electron chi connectivity index (χ3n) is 1.39. The molecule has 0 aliphatic rings. The smallest absolute Gasteiger partial charge is 0.266 e. The van der Waals surface area contributed by atoms with Gasteiger partial charge in [-0.15, -0.1) is 0 Å². The molecule has 0 bridgehead atoms. The number of aromatic nitrogens is 1. The molecule has 12 heavy (non-hydrogen) atoms. The Morgan fingerprint density at radius 2 is 2.25 bits per heavy atom. The van der Waals surface area contributed by atoms with E-state index in [0.717, 1.165) is 0 Å². The van der Waals surface area contributed by atoms with E-state index >= 15 is 0 Å². The Balaban J connectivity index is 3.20. The minimum absolute atomic E-state index is 0.0527. The topological polar surface area (TPSA) is 33.1 Å². The van der Waals surface area contributed by atoms with Crippen molar-refractivity contribution in [3.05, 3.63) is 27.1 Å². The number of aliphatic hydroxyl groups is 1. The van der Waals surface area contributed by atoms with Gasteiger partial charge in [0.25, 0.3) is 6.43 Å². The predicted molar refractivity (Wildman–Crippen MR) is 47.8 cm³/mol. The zero-order chi connectivity index (χ0) is 9.14. The van der Waals surface area contributed by atoms with Crippen LogP contribution < -0.4 is 0 Å². The molecule has 1 aromatic rings. The molecule has 0 aliphatic carbocycles. The number of alkyl halides is 2. The fraction of sp³-hybridized carbons (Fsp3) is 0.286. The Labute approximate surface area is 81.8 Å². The van der Waals surface area contributed by atoms with Gasteiger partial charge in [0.05, 0.1) is 17.9 Å². The molecule has 1 heterocycles. The van der Waals surface area contributed by atoms with Crippen molar-refractivity contribution < 1.29 is 13.9 Å². The Morgan fingerprint density at radius 1 is 1.58 bits per heavy atom. The van der Waals surface area contributed by atoms with E-state index in [1.165, 1.54) is 12.3 Å². The number of pyridine rings is 1. The van der Waals surface area contributed by atoms with Crippen LogP contribution in [-0.4, -0.2) is 10.1 Å². The summed E-state index contributed by atoms with van der Waals surface area (Å²) in [6.45, 7) is -0.448. The summed E-state index contributed by atoms with van der Waals surface area (Å²) in [5.41, 5.74) is -0.113. The molecule has 1 aromatic heterocycles. The van der Waals surface area contributed by atoms with Gasteiger partial charge in [0.2, 0.25) is 0 Å². The Kier molecular flexibility index (Phi) is 3.33. The van der Waals surface area contributed by atoms with E-state index in [0.29, 0.717) is 3.57 Å². The highest BCUT2D eigenvalue weighted by Crippen LogP contribution is 2.26. The van der Waals surface area contributed by atoms with Crippen LogP contribution >= 0.6 is 22.6 Å². The Bertz CT molecular complexity index is 280. The SMILES string of the molecule is OCc1nccc(I)c1C(F)F. The molecule has 0 amide bonds. The number of halogens is 3. The molecular formula is C7H6F2INO. The maximum atomic E-state index is 12.3. The minimum Gasteiger partial charge on any atom is -0.390 e. The molecule has 0 radical (unpaired) electrons. The van der Waals surface area contributed by atoms with Gasteiger partial charge >= 0.3 is 0 Å². The van der Waals surface area contributed by atoms with Crippen molar-refractivity contribution in [3.63, 3.8) is 0 Å². The third kappa shape index (κ3) is 1.89. The molecule has 1 rings (SSSR count). The highest BCUT2D eigenvalue weighted by molar-refractivity contribution is 14.1. The summed E-state index contributed by atoms with van der Waals surface area (Å²) in [6.07, 6.45) is -1.17. The molecular weight excluding hydrogens is 279 g/mol. The summed E-state index contributed by atoms with van der Waals surface area (Å²) in [4.78, 5) is 3.64. The lowest BCUT2D eigenvalue weighted by atomic mass is 10.2. The van der Waals surface area contributed by atoms with E-state index in [-0.39, 0.29) is 11.3 Å². The Morgan fingerprint density at radius 3 is 2.67 bits per heavy atom. The van der Waals surface area contributed by atoms with Crippen molar-refractivity contribution in [3.8, 4) is 0 Å². The zero-order valence-corrected chi connectivity index (χ0v) is 8.12. The van der Waals surface area contributed by atoms with Crippen LogP contribution in [0.3, 0.4) is 0 Å². The average Bonchev–Trinajstić information content (AvgIpc) is 2.03. The van der Waals surface area contributed by atoms with Crippen molar-refractivity contribution in [2.75, 3.05) is 0 Å². The lowest BCUT2D eigenvalue weighted by Crippen LogP contribution is -2.00. The quantitative estimate of drug-likeness (QED) is 0.844. The van der Waals surface area contributed by atoms with Crippen LogP contribution in [0.2, 0.25) is 0 Å². The standard InChI is InChI=1S/C7H6F2INO/c8-7(9)6-4(10)1-2-11-5(6)3-12/h1-2,7,12H,3H2.